The van der Waals surface area contributed by atoms with Gasteiger partial charge in [-0.2, -0.15) is 0 Å². The number of amides is 1. The Morgan fingerprint density at radius 3 is 2.80 bits per heavy atom. The van der Waals surface area contributed by atoms with Crippen molar-refractivity contribution in [2.75, 3.05) is 17.7 Å². The average Bonchev–Trinajstić information content (AvgIpc) is 2.44. The summed E-state index contributed by atoms with van der Waals surface area (Å²) in [7, 11) is 1.79. The standard InChI is InChI=1S/C14H13BrClN3O/c1-8-5-10(15)12(7-11(8)16)19-14(20)13-6-9(17-2)3-4-18-13/h3-7H,1-2H3,(H,17,18)(H,19,20). The minimum absolute atomic E-state index is 0.289. The quantitative estimate of drug-likeness (QED) is 0.872. The summed E-state index contributed by atoms with van der Waals surface area (Å²) in [5, 5.41) is 6.35. The second-order valence-electron chi connectivity index (χ2n) is 4.22. The van der Waals surface area contributed by atoms with Gasteiger partial charge in [-0.15, -0.1) is 0 Å². The topological polar surface area (TPSA) is 54.0 Å². The van der Waals surface area contributed by atoms with Crippen molar-refractivity contribution in [2.45, 2.75) is 6.92 Å². The van der Waals surface area contributed by atoms with Crippen molar-refractivity contribution >= 4 is 44.8 Å². The summed E-state index contributed by atoms with van der Waals surface area (Å²) in [6.07, 6.45) is 1.58. The van der Waals surface area contributed by atoms with Gasteiger partial charge in [0.05, 0.1) is 5.69 Å². The van der Waals surface area contributed by atoms with Crippen LogP contribution in [0.2, 0.25) is 5.02 Å². The Balaban J connectivity index is 2.25. The Morgan fingerprint density at radius 2 is 2.10 bits per heavy atom. The van der Waals surface area contributed by atoms with E-state index < -0.39 is 0 Å². The first-order chi connectivity index (χ1) is 9.51. The van der Waals surface area contributed by atoms with Gasteiger partial charge in [0, 0.05) is 28.4 Å². The van der Waals surface area contributed by atoms with E-state index in [0.29, 0.717) is 16.4 Å². The van der Waals surface area contributed by atoms with Crippen molar-refractivity contribution in [1.29, 1.82) is 0 Å². The number of pyridine rings is 1. The van der Waals surface area contributed by atoms with Crippen LogP contribution in [0, 0.1) is 6.92 Å². The zero-order chi connectivity index (χ0) is 14.7. The molecule has 0 aliphatic carbocycles. The molecule has 104 valence electrons. The molecule has 0 atom stereocenters. The predicted molar refractivity (Wildman–Crippen MR) is 85.6 cm³/mol. The zero-order valence-corrected chi connectivity index (χ0v) is 13.3. The molecule has 4 nitrogen and oxygen atoms in total. The summed E-state index contributed by atoms with van der Waals surface area (Å²) in [4.78, 5) is 16.2. The maximum atomic E-state index is 12.2. The lowest BCUT2D eigenvalue weighted by molar-refractivity contribution is 0.102. The molecule has 0 aliphatic rings. The van der Waals surface area contributed by atoms with Crippen LogP contribution in [0.15, 0.2) is 34.9 Å². The Bertz CT molecular complexity index is 661. The van der Waals surface area contributed by atoms with Crippen LogP contribution in [0.25, 0.3) is 0 Å². The van der Waals surface area contributed by atoms with Gasteiger partial charge in [0.1, 0.15) is 5.69 Å². The fourth-order valence-corrected chi connectivity index (χ4v) is 2.36. The molecule has 0 unspecified atom stereocenters. The molecule has 0 fully saturated rings. The molecule has 0 spiro atoms. The second kappa shape index (κ2) is 6.24. The molecule has 1 amide bonds. The highest BCUT2D eigenvalue weighted by molar-refractivity contribution is 9.10. The van der Waals surface area contributed by atoms with Crippen LogP contribution in [0.3, 0.4) is 0 Å². The van der Waals surface area contributed by atoms with Crippen LogP contribution in [0.4, 0.5) is 11.4 Å². The Kier molecular flexibility index (Phi) is 4.62. The summed E-state index contributed by atoms with van der Waals surface area (Å²) >= 11 is 9.47. The smallest absolute Gasteiger partial charge is 0.274 e. The van der Waals surface area contributed by atoms with Crippen molar-refractivity contribution in [1.82, 2.24) is 4.98 Å². The van der Waals surface area contributed by atoms with E-state index in [1.165, 1.54) is 0 Å². The highest BCUT2D eigenvalue weighted by Gasteiger charge is 2.11. The second-order valence-corrected chi connectivity index (χ2v) is 5.48. The summed E-state index contributed by atoms with van der Waals surface area (Å²) in [5.41, 5.74) is 2.71. The number of aryl methyl sites for hydroxylation is 1. The van der Waals surface area contributed by atoms with Crippen LogP contribution in [-0.2, 0) is 0 Å². The number of nitrogens with one attached hydrogen (secondary N) is 2. The van der Waals surface area contributed by atoms with Gasteiger partial charge >= 0.3 is 0 Å². The molecule has 1 aromatic carbocycles. The first kappa shape index (κ1) is 14.8. The van der Waals surface area contributed by atoms with Crippen LogP contribution in [0.1, 0.15) is 16.1 Å². The van der Waals surface area contributed by atoms with Crippen molar-refractivity contribution in [3.63, 3.8) is 0 Å². The number of anilines is 2. The van der Waals surface area contributed by atoms with E-state index in [1.807, 2.05) is 13.0 Å². The monoisotopic (exact) mass is 353 g/mol. The first-order valence-corrected chi connectivity index (χ1v) is 7.09. The molecule has 0 bridgehead atoms. The molecule has 2 N–H and O–H groups in total. The number of halogens is 2. The number of nitrogens with zero attached hydrogens (tertiary/aromatic N) is 1. The lowest BCUT2D eigenvalue weighted by atomic mass is 10.2. The summed E-state index contributed by atoms with van der Waals surface area (Å²) in [6.45, 7) is 1.90. The van der Waals surface area contributed by atoms with E-state index in [0.717, 1.165) is 15.7 Å². The number of carbonyl (C=O) groups excluding carboxylic acids is 1. The third-order valence-electron chi connectivity index (χ3n) is 2.78. The molecule has 0 saturated carbocycles. The van der Waals surface area contributed by atoms with Crippen LogP contribution in [-0.4, -0.2) is 17.9 Å². The van der Waals surface area contributed by atoms with E-state index in [-0.39, 0.29) is 5.91 Å². The molecule has 2 aromatic rings. The van der Waals surface area contributed by atoms with Gasteiger partial charge in [-0.3, -0.25) is 9.78 Å². The summed E-state index contributed by atoms with van der Waals surface area (Å²) in [6, 6.07) is 7.03. The number of benzene rings is 1. The third-order valence-corrected chi connectivity index (χ3v) is 3.84. The Hall–Kier alpha value is -1.59. The molecule has 6 heteroatoms. The lowest BCUT2D eigenvalue weighted by Crippen LogP contribution is -2.14. The van der Waals surface area contributed by atoms with Crippen molar-refractivity contribution in [2.24, 2.45) is 0 Å². The van der Waals surface area contributed by atoms with Gasteiger partial charge < -0.3 is 10.6 Å². The van der Waals surface area contributed by atoms with Gasteiger partial charge in [-0.05, 0) is 52.7 Å². The van der Waals surface area contributed by atoms with E-state index in [9.17, 15) is 4.79 Å². The van der Waals surface area contributed by atoms with Crippen LogP contribution >= 0.6 is 27.5 Å². The molecule has 0 radical (unpaired) electrons. The maximum Gasteiger partial charge on any atom is 0.274 e. The maximum absolute atomic E-state index is 12.2. The van der Waals surface area contributed by atoms with E-state index in [2.05, 4.69) is 31.5 Å². The van der Waals surface area contributed by atoms with Crippen molar-refractivity contribution in [3.05, 3.63) is 51.2 Å². The predicted octanol–water partition coefficient (Wildman–Crippen LogP) is 4.10. The first-order valence-electron chi connectivity index (χ1n) is 5.92. The molecule has 2 rings (SSSR count). The zero-order valence-electron chi connectivity index (χ0n) is 11.0. The van der Waals surface area contributed by atoms with E-state index in [1.54, 1.807) is 31.4 Å². The summed E-state index contributed by atoms with van der Waals surface area (Å²) < 4.78 is 0.775. The van der Waals surface area contributed by atoms with E-state index >= 15 is 0 Å². The van der Waals surface area contributed by atoms with Gasteiger partial charge in [0.2, 0.25) is 0 Å². The van der Waals surface area contributed by atoms with Crippen LogP contribution in [0.5, 0.6) is 0 Å². The average molecular weight is 355 g/mol. The highest BCUT2D eigenvalue weighted by Crippen LogP contribution is 2.29. The fourth-order valence-electron chi connectivity index (χ4n) is 1.64. The minimum atomic E-state index is -0.289. The molecule has 1 aromatic heterocycles. The minimum Gasteiger partial charge on any atom is -0.388 e. The summed E-state index contributed by atoms with van der Waals surface area (Å²) in [5.74, 6) is -0.289. The van der Waals surface area contributed by atoms with Gasteiger partial charge in [-0.25, -0.2) is 0 Å². The number of hydrogen-bond donors (Lipinski definition) is 2. The normalized spacial score (nSPS) is 10.2. The molecule has 1 heterocycles. The SMILES string of the molecule is CNc1ccnc(C(=O)Nc2cc(Cl)c(C)cc2Br)c1. The Morgan fingerprint density at radius 1 is 1.35 bits per heavy atom. The van der Waals surface area contributed by atoms with Crippen LogP contribution < -0.4 is 10.6 Å². The number of hydrogen-bond acceptors (Lipinski definition) is 3. The Labute approximate surface area is 130 Å². The third kappa shape index (κ3) is 3.29. The number of rotatable bonds is 3. The van der Waals surface area contributed by atoms with Gasteiger partial charge in [-0.1, -0.05) is 11.6 Å². The molecular formula is C14H13BrClN3O. The fraction of sp³-hybridized carbons (Fsp3) is 0.143. The van der Waals surface area contributed by atoms with Gasteiger partial charge in [0.15, 0.2) is 0 Å². The van der Waals surface area contributed by atoms with Crippen molar-refractivity contribution in [3.8, 4) is 0 Å². The lowest BCUT2D eigenvalue weighted by Gasteiger charge is -2.10. The van der Waals surface area contributed by atoms with Crippen molar-refractivity contribution < 1.29 is 4.79 Å². The highest BCUT2D eigenvalue weighted by atomic mass is 79.9. The number of aromatic nitrogens is 1. The molecule has 0 aliphatic heterocycles. The van der Waals surface area contributed by atoms with Gasteiger partial charge in [0.25, 0.3) is 5.91 Å². The largest absolute Gasteiger partial charge is 0.388 e. The molecule has 20 heavy (non-hydrogen) atoms. The molecular weight excluding hydrogens is 342 g/mol. The number of carbonyl (C=O) groups is 1. The van der Waals surface area contributed by atoms with E-state index in [4.69, 9.17) is 11.6 Å². The molecule has 0 saturated heterocycles.